The van der Waals surface area contributed by atoms with Gasteiger partial charge in [0.15, 0.2) is 0 Å². The lowest BCUT2D eigenvalue weighted by atomic mass is 9.90. The Morgan fingerprint density at radius 1 is 1.33 bits per heavy atom. The van der Waals surface area contributed by atoms with Gasteiger partial charge in [0.2, 0.25) is 5.91 Å². The first kappa shape index (κ1) is 12.8. The normalized spacial score (nSPS) is 18.5. The smallest absolute Gasteiger partial charge is 0.261 e. The van der Waals surface area contributed by atoms with E-state index in [9.17, 15) is 14.7 Å². The van der Waals surface area contributed by atoms with E-state index < -0.39 is 5.54 Å². The van der Waals surface area contributed by atoms with Crippen molar-refractivity contribution in [3.8, 4) is 0 Å². The van der Waals surface area contributed by atoms with Crippen LogP contribution in [0.1, 0.15) is 36.2 Å². The van der Waals surface area contributed by atoms with Gasteiger partial charge in [-0.3, -0.25) is 14.5 Å². The van der Waals surface area contributed by atoms with Crippen molar-refractivity contribution in [3.05, 3.63) is 35.4 Å². The number of nitrogens with zero attached hydrogens (tertiary/aromatic N) is 1. The van der Waals surface area contributed by atoms with E-state index in [4.69, 9.17) is 0 Å². The predicted octanol–water partition coefficient (Wildman–Crippen LogP) is 1.37. The second kappa shape index (κ2) is 4.53. The number of aliphatic hydroxyl groups excluding tert-OH is 1. The molecule has 1 aromatic rings. The number of benzene rings is 1. The summed E-state index contributed by atoms with van der Waals surface area (Å²) in [4.78, 5) is 25.7. The molecule has 18 heavy (non-hydrogen) atoms. The van der Waals surface area contributed by atoms with Crippen LogP contribution in [0.3, 0.4) is 0 Å². The Morgan fingerprint density at radius 3 is 2.61 bits per heavy atom. The second-order valence-electron chi connectivity index (χ2n) is 4.88. The molecular formula is C14H17NO3. The Bertz CT molecular complexity index is 492. The highest BCUT2D eigenvalue weighted by Crippen LogP contribution is 2.28. The van der Waals surface area contributed by atoms with Crippen molar-refractivity contribution in [3.63, 3.8) is 0 Å². The summed E-state index contributed by atoms with van der Waals surface area (Å²) in [5.41, 5.74) is 0.507. The lowest BCUT2D eigenvalue weighted by Crippen LogP contribution is -2.57. The lowest BCUT2D eigenvalue weighted by molar-refractivity contribution is -0.134. The molecule has 1 aliphatic rings. The minimum absolute atomic E-state index is 0.219. The number of amides is 2. The van der Waals surface area contributed by atoms with Crippen molar-refractivity contribution in [2.45, 2.75) is 32.2 Å². The first-order chi connectivity index (χ1) is 8.53. The fourth-order valence-electron chi connectivity index (χ4n) is 2.25. The van der Waals surface area contributed by atoms with Crippen LogP contribution in [0.15, 0.2) is 24.3 Å². The van der Waals surface area contributed by atoms with Crippen LogP contribution >= 0.6 is 0 Å². The fraction of sp³-hybridized carbons (Fsp3) is 0.429. The minimum Gasteiger partial charge on any atom is -0.394 e. The third-order valence-corrected chi connectivity index (χ3v) is 3.68. The van der Waals surface area contributed by atoms with E-state index in [1.165, 1.54) is 4.90 Å². The molecule has 0 fully saturated rings. The molecule has 1 aliphatic heterocycles. The van der Waals surface area contributed by atoms with Crippen LogP contribution in [0.25, 0.3) is 0 Å². The first-order valence-corrected chi connectivity index (χ1v) is 6.09. The Labute approximate surface area is 106 Å². The number of aliphatic hydroxyl groups is 1. The average molecular weight is 247 g/mol. The third kappa shape index (κ3) is 1.82. The van der Waals surface area contributed by atoms with Gasteiger partial charge >= 0.3 is 0 Å². The molecule has 0 aromatic heterocycles. The highest BCUT2D eigenvalue weighted by molar-refractivity contribution is 6.10. The average Bonchev–Trinajstić information content (AvgIpc) is 2.38. The van der Waals surface area contributed by atoms with Gasteiger partial charge in [0.05, 0.1) is 18.6 Å². The molecule has 2 amide bonds. The van der Waals surface area contributed by atoms with Crippen LogP contribution in [-0.4, -0.2) is 34.0 Å². The molecule has 1 heterocycles. The summed E-state index contributed by atoms with van der Waals surface area (Å²) in [5.74, 6) is -0.544. The van der Waals surface area contributed by atoms with Crippen LogP contribution in [0.4, 0.5) is 0 Å². The van der Waals surface area contributed by atoms with E-state index in [1.807, 2.05) is 13.0 Å². The second-order valence-corrected chi connectivity index (χ2v) is 4.88. The van der Waals surface area contributed by atoms with E-state index in [1.54, 1.807) is 25.1 Å². The van der Waals surface area contributed by atoms with Crippen LogP contribution in [-0.2, 0) is 11.2 Å². The molecule has 0 saturated carbocycles. The quantitative estimate of drug-likeness (QED) is 0.821. The van der Waals surface area contributed by atoms with Gasteiger partial charge in [-0.2, -0.15) is 0 Å². The summed E-state index contributed by atoms with van der Waals surface area (Å²) in [5, 5.41) is 9.47. The van der Waals surface area contributed by atoms with Gasteiger partial charge in [0, 0.05) is 5.56 Å². The topological polar surface area (TPSA) is 57.6 Å². The van der Waals surface area contributed by atoms with Gasteiger partial charge in [0.25, 0.3) is 5.91 Å². The molecule has 0 bridgehead atoms. The Balaban J connectivity index is 2.47. The van der Waals surface area contributed by atoms with Crippen LogP contribution < -0.4 is 0 Å². The molecule has 1 N–H and O–H groups in total. The number of rotatable bonds is 3. The van der Waals surface area contributed by atoms with E-state index in [0.717, 1.165) is 5.56 Å². The maximum atomic E-state index is 12.4. The zero-order chi connectivity index (χ0) is 13.3. The largest absolute Gasteiger partial charge is 0.394 e. The first-order valence-electron chi connectivity index (χ1n) is 6.09. The van der Waals surface area contributed by atoms with Crippen molar-refractivity contribution >= 4 is 11.8 Å². The molecule has 2 rings (SSSR count). The van der Waals surface area contributed by atoms with Crippen LogP contribution in [0.2, 0.25) is 0 Å². The standard InChI is InChI=1S/C14H17NO3/c1-3-14(2,9-16)15-12(17)8-10-6-4-5-7-11(10)13(15)18/h4-7,16H,3,8-9H2,1-2H3. The number of imide groups is 1. The SMILES string of the molecule is CCC(C)(CO)N1C(=O)Cc2ccccc2C1=O. The molecular weight excluding hydrogens is 230 g/mol. The summed E-state index contributed by atoms with van der Waals surface area (Å²) in [6.07, 6.45) is 0.751. The number of hydrogen-bond donors (Lipinski definition) is 1. The number of fused-ring (bicyclic) bond motifs is 1. The van der Waals surface area contributed by atoms with Gasteiger partial charge in [-0.1, -0.05) is 25.1 Å². The monoisotopic (exact) mass is 247 g/mol. The molecule has 96 valence electrons. The van der Waals surface area contributed by atoms with E-state index in [0.29, 0.717) is 12.0 Å². The molecule has 1 aromatic carbocycles. The number of hydrogen-bond acceptors (Lipinski definition) is 3. The number of carbonyl (C=O) groups is 2. The maximum Gasteiger partial charge on any atom is 0.261 e. The zero-order valence-corrected chi connectivity index (χ0v) is 10.6. The summed E-state index contributed by atoms with van der Waals surface area (Å²) in [6.45, 7) is 3.37. The van der Waals surface area contributed by atoms with E-state index in [2.05, 4.69) is 0 Å². The highest BCUT2D eigenvalue weighted by atomic mass is 16.3. The molecule has 0 aliphatic carbocycles. The van der Waals surface area contributed by atoms with Gasteiger partial charge in [-0.05, 0) is 25.0 Å². The van der Waals surface area contributed by atoms with E-state index >= 15 is 0 Å². The lowest BCUT2D eigenvalue weighted by Gasteiger charge is -2.40. The van der Waals surface area contributed by atoms with Crippen LogP contribution in [0.5, 0.6) is 0 Å². The minimum atomic E-state index is -0.818. The summed E-state index contributed by atoms with van der Waals surface area (Å²) in [7, 11) is 0. The van der Waals surface area contributed by atoms with E-state index in [-0.39, 0.29) is 24.8 Å². The van der Waals surface area contributed by atoms with Crippen molar-refractivity contribution in [2.24, 2.45) is 0 Å². The number of carbonyl (C=O) groups excluding carboxylic acids is 2. The summed E-state index contributed by atoms with van der Waals surface area (Å²) >= 11 is 0. The Kier molecular flexibility index (Phi) is 3.22. The highest BCUT2D eigenvalue weighted by Gasteiger charge is 2.41. The summed E-state index contributed by atoms with van der Waals surface area (Å²) < 4.78 is 0. The molecule has 4 heteroatoms. The van der Waals surface area contributed by atoms with Gasteiger partial charge < -0.3 is 5.11 Å². The molecule has 4 nitrogen and oxygen atoms in total. The van der Waals surface area contributed by atoms with Gasteiger partial charge in [-0.15, -0.1) is 0 Å². The molecule has 0 radical (unpaired) electrons. The van der Waals surface area contributed by atoms with Crippen LogP contribution in [0, 0.1) is 0 Å². The van der Waals surface area contributed by atoms with Crippen molar-refractivity contribution in [1.82, 2.24) is 4.90 Å². The fourth-order valence-corrected chi connectivity index (χ4v) is 2.25. The van der Waals surface area contributed by atoms with Gasteiger partial charge in [0.1, 0.15) is 0 Å². The third-order valence-electron chi connectivity index (χ3n) is 3.68. The molecule has 1 atom stereocenters. The Morgan fingerprint density at radius 2 is 2.00 bits per heavy atom. The van der Waals surface area contributed by atoms with Crippen molar-refractivity contribution < 1.29 is 14.7 Å². The van der Waals surface area contributed by atoms with Crippen molar-refractivity contribution in [1.29, 1.82) is 0 Å². The predicted molar refractivity (Wildman–Crippen MR) is 67.1 cm³/mol. The molecule has 0 spiro atoms. The Hall–Kier alpha value is -1.68. The summed E-state index contributed by atoms with van der Waals surface area (Å²) in [6, 6.07) is 7.13. The molecule has 1 unspecified atom stereocenters. The van der Waals surface area contributed by atoms with Gasteiger partial charge in [-0.25, -0.2) is 0 Å². The zero-order valence-electron chi connectivity index (χ0n) is 10.6. The maximum absolute atomic E-state index is 12.4. The van der Waals surface area contributed by atoms with Crippen molar-refractivity contribution in [2.75, 3.05) is 6.61 Å². The molecule has 0 saturated heterocycles.